The number of hydrogen-bond acceptors (Lipinski definition) is 9. The summed E-state index contributed by atoms with van der Waals surface area (Å²) in [6.07, 6.45) is 7.08. The van der Waals surface area contributed by atoms with Gasteiger partial charge >= 0.3 is 6.09 Å². The summed E-state index contributed by atoms with van der Waals surface area (Å²) in [6.45, 7) is 3.18. The van der Waals surface area contributed by atoms with Gasteiger partial charge in [0.25, 0.3) is 0 Å². The first-order chi connectivity index (χ1) is 20.6. The van der Waals surface area contributed by atoms with Crippen molar-refractivity contribution in [2.45, 2.75) is 38.1 Å². The third-order valence-electron chi connectivity index (χ3n) is 10.3. The number of fused-ring (bicyclic) bond motifs is 1. The van der Waals surface area contributed by atoms with Crippen LogP contribution in [0, 0.1) is 23.2 Å². The minimum atomic E-state index is -3.18. The zero-order valence-electron chi connectivity index (χ0n) is 24.4. The quantitative estimate of drug-likeness (QED) is 0.505. The number of para-hydroxylation sites is 2. The van der Waals surface area contributed by atoms with Gasteiger partial charge < -0.3 is 25.7 Å². The smallest absolute Gasteiger partial charge is 0.369 e. The number of sulfonamides is 1. The van der Waals surface area contributed by atoms with Gasteiger partial charge in [-0.15, -0.1) is 0 Å². The Kier molecular flexibility index (Phi) is 6.92. The predicted octanol–water partition coefficient (Wildman–Crippen LogP) is 2.44. The molecule has 4 aliphatic carbocycles. The first-order valence-electron chi connectivity index (χ1n) is 15.2. The van der Waals surface area contributed by atoms with Crippen LogP contribution in [-0.4, -0.2) is 81.3 Å². The van der Waals surface area contributed by atoms with E-state index in [1.165, 1.54) is 10.6 Å². The van der Waals surface area contributed by atoms with Crippen molar-refractivity contribution < 1.29 is 22.8 Å². The van der Waals surface area contributed by atoms with Crippen LogP contribution < -0.4 is 25.9 Å². The average Bonchev–Trinajstić information content (AvgIpc) is 2.98. The van der Waals surface area contributed by atoms with Crippen LogP contribution in [0.15, 0.2) is 42.6 Å². The lowest BCUT2D eigenvalue weighted by atomic mass is 9.47. The molecule has 5 fully saturated rings. The molecule has 2 amide bonds. The highest BCUT2D eigenvalue weighted by atomic mass is 32.2. The van der Waals surface area contributed by atoms with E-state index < -0.39 is 21.5 Å². The van der Waals surface area contributed by atoms with Gasteiger partial charge in [0, 0.05) is 44.2 Å². The van der Waals surface area contributed by atoms with Crippen LogP contribution in [0.5, 0.6) is 0 Å². The summed E-state index contributed by atoms with van der Waals surface area (Å²) in [5, 5.41) is 4.82. The maximum atomic E-state index is 13.2. The number of hydrogen-bond donors (Lipinski definition) is 2. The third kappa shape index (κ3) is 5.16. The van der Waals surface area contributed by atoms with E-state index in [0.717, 1.165) is 55.0 Å². The number of carbonyl (C=O) groups is 2. The van der Waals surface area contributed by atoms with Crippen molar-refractivity contribution >= 4 is 44.9 Å². The molecule has 230 valence electrons. The van der Waals surface area contributed by atoms with Gasteiger partial charge in [-0.1, -0.05) is 12.1 Å². The zero-order valence-corrected chi connectivity index (χ0v) is 25.2. The number of rotatable bonds is 6. The minimum Gasteiger partial charge on any atom is -0.369 e. The van der Waals surface area contributed by atoms with Gasteiger partial charge in [-0.05, 0) is 74.1 Å². The molecule has 5 atom stereocenters. The van der Waals surface area contributed by atoms with Gasteiger partial charge in [0.2, 0.25) is 15.9 Å². The van der Waals surface area contributed by atoms with Crippen LogP contribution in [0.3, 0.4) is 0 Å². The number of primary amides is 1. The molecule has 43 heavy (non-hydrogen) atoms. The molecule has 4 saturated carbocycles. The highest BCUT2D eigenvalue weighted by Gasteiger charge is 2.58. The Morgan fingerprint density at radius 2 is 1.65 bits per heavy atom. The summed E-state index contributed by atoms with van der Waals surface area (Å²) < 4.78 is 25.2. The molecule has 2 aromatic rings. The summed E-state index contributed by atoms with van der Waals surface area (Å²) in [5.74, 6) is 1.64. The molecule has 4 bridgehead atoms. The second-order valence-corrected chi connectivity index (χ2v) is 14.9. The highest BCUT2D eigenvalue weighted by molar-refractivity contribution is 7.88. The predicted molar refractivity (Wildman–Crippen MR) is 162 cm³/mol. The van der Waals surface area contributed by atoms with Crippen LogP contribution in [0.1, 0.15) is 32.1 Å². The van der Waals surface area contributed by atoms with Gasteiger partial charge in [0.15, 0.2) is 0 Å². The molecule has 2 aliphatic heterocycles. The molecule has 8 rings (SSSR count). The number of nitrogens with one attached hydrogen (secondary N) is 1. The van der Waals surface area contributed by atoms with Crippen LogP contribution in [0.2, 0.25) is 0 Å². The molecule has 0 spiro atoms. The summed E-state index contributed by atoms with van der Waals surface area (Å²) in [6, 6.07) is 11.8. The molecule has 12 nitrogen and oxygen atoms in total. The number of nitrogens with zero attached hydrogens (tertiary/aromatic N) is 5. The number of pyridine rings is 1. The second-order valence-electron chi connectivity index (χ2n) is 12.9. The van der Waals surface area contributed by atoms with Gasteiger partial charge in [0.05, 0.1) is 36.1 Å². The molecule has 13 heteroatoms. The molecule has 3 unspecified atom stereocenters. The SMILES string of the molecule is CS(=O)(=O)N1CCN(c2ccc(N3CCN(OC(=O)NC4[C@@H]5CC6C[C@H]4CC(C(N)=O)(C6)C5)c4ccccc43)nc2)CC1. The van der Waals surface area contributed by atoms with Crippen molar-refractivity contribution in [1.29, 1.82) is 0 Å². The van der Waals surface area contributed by atoms with Crippen LogP contribution in [0.4, 0.5) is 27.7 Å². The lowest BCUT2D eigenvalue weighted by molar-refractivity contribution is -0.145. The molecule has 1 aromatic heterocycles. The van der Waals surface area contributed by atoms with E-state index in [1.807, 2.05) is 42.6 Å². The van der Waals surface area contributed by atoms with E-state index in [4.69, 9.17) is 15.6 Å². The number of aromatic nitrogens is 1. The van der Waals surface area contributed by atoms with Crippen molar-refractivity contribution in [3.8, 4) is 0 Å². The maximum Gasteiger partial charge on any atom is 0.431 e. The van der Waals surface area contributed by atoms with Crippen molar-refractivity contribution in [1.82, 2.24) is 14.6 Å². The Hall–Kier alpha value is -3.58. The van der Waals surface area contributed by atoms with Crippen LogP contribution >= 0.6 is 0 Å². The van der Waals surface area contributed by atoms with Crippen molar-refractivity contribution in [3.05, 3.63) is 42.6 Å². The Balaban J connectivity index is 1.00. The molecule has 3 N–H and O–H groups in total. The summed E-state index contributed by atoms with van der Waals surface area (Å²) in [4.78, 5) is 40.4. The van der Waals surface area contributed by atoms with E-state index >= 15 is 0 Å². The van der Waals surface area contributed by atoms with Gasteiger partial charge in [-0.2, -0.15) is 4.31 Å². The monoisotopic (exact) mass is 609 g/mol. The number of anilines is 4. The zero-order chi connectivity index (χ0) is 29.9. The second kappa shape index (κ2) is 10.5. The summed E-state index contributed by atoms with van der Waals surface area (Å²) >= 11 is 0. The number of hydroxylamine groups is 1. The van der Waals surface area contributed by atoms with E-state index in [-0.39, 0.29) is 23.8 Å². The van der Waals surface area contributed by atoms with Gasteiger partial charge in [-0.25, -0.2) is 23.3 Å². The van der Waals surface area contributed by atoms with E-state index in [9.17, 15) is 18.0 Å². The molecule has 3 heterocycles. The Morgan fingerprint density at radius 1 is 0.953 bits per heavy atom. The van der Waals surface area contributed by atoms with Gasteiger partial charge in [-0.3, -0.25) is 4.79 Å². The van der Waals surface area contributed by atoms with E-state index in [2.05, 4.69) is 15.1 Å². The third-order valence-corrected chi connectivity index (χ3v) is 11.6. The fourth-order valence-electron chi connectivity index (χ4n) is 8.49. The summed E-state index contributed by atoms with van der Waals surface area (Å²) in [7, 11) is -3.18. The Bertz CT molecular complexity index is 1490. The molecular weight excluding hydrogens is 570 g/mol. The molecule has 0 radical (unpaired) electrons. The van der Waals surface area contributed by atoms with Crippen molar-refractivity contribution in [3.63, 3.8) is 0 Å². The molecule has 1 saturated heterocycles. The van der Waals surface area contributed by atoms with E-state index in [1.54, 1.807) is 5.06 Å². The number of amides is 2. The van der Waals surface area contributed by atoms with Crippen LogP contribution in [0.25, 0.3) is 0 Å². The van der Waals surface area contributed by atoms with E-state index in [0.29, 0.717) is 45.2 Å². The minimum absolute atomic E-state index is 0.00474. The highest BCUT2D eigenvalue weighted by Crippen LogP contribution is 2.60. The Labute approximate surface area is 252 Å². The van der Waals surface area contributed by atoms with Crippen molar-refractivity contribution in [2.24, 2.45) is 28.9 Å². The molecule has 6 aliphatic rings. The fraction of sp³-hybridized carbons (Fsp3) is 0.567. The number of benzene rings is 1. The molecular formula is C30H39N7O5S. The van der Waals surface area contributed by atoms with Gasteiger partial charge in [0.1, 0.15) is 5.82 Å². The first-order valence-corrected chi connectivity index (χ1v) is 17.0. The Morgan fingerprint density at radius 3 is 2.28 bits per heavy atom. The fourth-order valence-corrected chi connectivity index (χ4v) is 9.32. The lowest BCUT2D eigenvalue weighted by Crippen LogP contribution is -2.62. The number of nitrogens with two attached hydrogens (primary N) is 1. The van der Waals surface area contributed by atoms with Crippen molar-refractivity contribution in [2.75, 3.05) is 60.4 Å². The van der Waals surface area contributed by atoms with Crippen LogP contribution in [-0.2, 0) is 19.7 Å². The average molecular weight is 610 g/mol. The maximum absolute atomic E-state index is 13.2. The first kappa shape index (κ1) is 28.2. The number of piperazine rings is 1. The standard InChI is InChI=1S/C30H39N7O5S/c1-43(40,41)35-10-8-34(9-11-35)23-6-7-26(32-19-23)36-12-13-37(25-5-3-2-4-24(25)36)42-29(39)33-27-21-14-20-15-22(27)18-30(16-20,17-21)28(31)38/h2-7,19-22,27H,8-18H2,1H3,(H2,31,38)(H,33,39)/t20?,21-,22+,27?,30?. The normalized spacial score (nSPS) is 30.2. The topological polar surface area (TPSA) is 141 Å². The lowest BCUT2D eigenvalue weighted by Gasteiger charge is -2.58. The molecule has 1 aromatic carbocycles. The summed E-state index contributed by atoms with van der Waals surface area (Å²) in [5.41, 5.74) is 8.06. The largest absolute Gasteiger partial charge is 0.431 e. The number of carbonyl (C=O) groups excluding carboxylic acids is 2.